The minimum absolute atomic E-state index is 0.124. The Morgan fingerprint density at radius 2 is 2.27 bits per heavy atom. The topological polar surface area (TPSA) is 37.3 Å². The Morgan fingerprint density at radius 1 is 1.60 bits per heavy atom. The van der Waals surface area contributed by atoms with Gasteiger partial charge in [0.2, 0.25) is 0 Å². The lowest BCUT2D eigenvalue weighted by Gasteiger charge is -2.02. The summed E-state index contributed by atoms with van der Waals surface area (Å²) >= 11 is 5.76. The van der Waals surface area contributed by atoms with Crippen molar-refractivity contribution in [3.05, 3.63) is 40.2 Å². The molecule has 0 unspecified atom stereocenters. The Morgan fingerprint density at radius 3 is 2.73 bits per heavy atom. The Bertz CT molecular complexity index is 393. The predicted molar refractivity (Wildman–Crippen MR) is 57.3 cm³/mol. The van der Waals surface area contributed by atoms with Crippen LogP contribution in [0.15, 0.2) is 23.8 Å². The highest BCUT2D eigenvalue weighted by Crippen LogP contribution is 2.22. The zero-order valence-electron chi connectivity index (χ0n) is 8.13. The molecular weight excluding hydrogens is 219 g/mol. The molecule has 15 heavy (non-hydrogen) atoms. The molecule has 0 radical (unpaired) electrons. The number of carboxylic acid groups (broad SMARTS) is 1. The second kappa shape index (κ2) is 4.94. The monoisotopic (exact) mass is 228 g/mol. The first-order valence-corrected chi connectivity index (χ1v) is 4.82. The Hall–Kier alpha value is -1.35. The summed E-state index contributed by atoms with van der Waals surface area (Å²) < 4.78 is 13.3. The van der Waals surface area contributed by atoms with Crippen molar-refractivity contribution in [1.29, 1.82) is 0 Å². The number of halogens is 2. The molecule has 0 aliphatic rings. The van der Waals surface area contributed by atoms with Crippen LogP contribution < -0.4 is 0 Å². The molecule has 1 aromatic carbocycles. The second-order valence-corrected chi connectivity index (χ2v) is 3.37. The molecule has 4 heteroatoms. The number of carboxylic acids is 1. The van der Waals surface area contributed by atoms with E-state index >= 15 is 0 Å². The van der Waals surface area contributed by atoms with Crippen LogP contribution in [-0.2, 0) is 4.79 Å². The third kappa shape index (κ3) is 2.80. The van der Waals surface area contributed by atoms with Gasteiger partial charge in [-0.15, -0.1) is 0 Å². The van der Waals surface area contributed by atoms with Gasteiger partial charge in [-0.05, 0) is 24.6 Å². The molecule has 1 N–H and O–H groups in total. The van der Waals surface area contributed by atoms with E-state index < -0.39 is 11.8 Å². The van der Waals surface area contributed by atoms with Gasteiger partial charge in [0.25, 0.3) is 0 Å². The van der Waals surface area contributed by atoms with Gasteiger partial charge < -0.3 is 5.11 Å². The van der Waals surface area contributed by atoms with Gasteiger partial charge in [-0.2, -0.15) is 0 Å². The molecule has 0 aromatic heterocycles. The van der Waals surface area contributed by atoms with Crippen LogP contribution >= 0.6 is 11.6 Å². The molecule has 80 valence electrons. The maximum Gasteiger partial charge on any atom is 0.331 e. The zero-order chi connectivity index (χ0) is 11.4. The fourth-order valence-corrected chi connectivity index (χ4v) is 1.36. The summed E-state index contributed by atoms with van der Waals surface area (Å²) in [4.78, 5) is 10.7. The van der Waals surface area contributed by atoms with Crippen LogP contribution in [0.2, 0.25) is 5.02 Å². The zero-order valence-corrected chi connectivity index (χ0v) is 8.88. The average Bonchev–Trinajstić information content (AvgIpc) is 2.17. The van der Waals surface area contributed by atoms with E-state index in [0.29, 0.717) is 6.42 Å². The van der Waals surface area contributed by atoms with Gasteiger partial charge >= 0.3 is 5.97 Å². The van der Waals surface area contributed by atoms with Crippen molar-refractivity contribution < 1.29 is 14.3 Å². The number of aliphatic carboxylic acids is 1. The molecule has 1 rings (SSSR count). The molecule has 0 fully saturated rings. The lowest BCUT2D eigenvalue weighted by atomic mass is 10.1. The number of benzene rings is 1. The first kappa shape index (κ1) is 11.7. The smallest absolute Gasteiger partial charge is 0.331 e. The van der Waals surface area contributed by atoms with E-state index in [9.17, 15) is 9.18 Å². The van der Waals surface area contributed by atoms with E-state index in [4.69, 9.17) is 16.7 Å². The minimum Gasteiger partial charge on any atom is -0.478 e. The molecular formula is C11H10ClFO2. The summed E-state index contributed by atoms with van der Waals surface area (Å²) in [6.07, 6.45) is 1.58. The number of hydrogen-bond donors (Lipinski definition) is 1. The quantitative estimate of drug-likeness (QED) is 0.806. The fourth-order valence-electron chi connectivity index (χ4n) is 1.14. The fraction of sp³-hybridized carbons (Fsp3) is 0.182. The van der Waals surface area contributed by atoms with Crippen LogP contribution in [0.4, 0.5) is 4.39 Å². The van der Waals surface area contributed by atoms with Gasteiger partial charge in [0.15, 0.2) is 0 Å². The van der Waals surface area contributed by atoms with Gasteiger partial charge in [-0.3, -0.25) is 0 Å². The van der Waals surface area contributed by atoms with E-state index in [0.717, 1.165) is 0 Å². The van der Waals surface area contributed by atoms with Gasteiger partial charge in [0.1, 0.15) is 5.82 Å². The van der Waals surface area contributed by atoms with Crippen molar-refractivity contribution in [3.63, 3.8) is 0 Å². The molecule has 0 saturated heterocycles. The first-order valence-electron chi connectivity index (χ1n) is 4.44. The van der Waals surface area contributed by atoms with E-state index in [2.05, 4.69) is 0 Å². The number of carbonyl (C=O) groups is 1. The Labute approximate surface area is 92.0 Å². The first-order chi connectivity index (χ1) is 7.06. The molecule has 2 nitrogen and oxygen atoms in total. The molecule has 0 aliphatic heterocycles. The van der Waals surface area contributed by atoms with Crippen LogP contribution in [0, 0.1) is 5.82 Å². The van der Waals surface area contributed by atoms with Gasteiger partial charge in [-0.25, -0.2) is 9.18 Å². The van der Waals surface area contributed by atoms with Crippen LogP contribution in [0.25, 0.3) is 6.08 Å². The van der Waals surface area contributed by atoms with Gasteiger partial charge in [0.05, 0.1) is 5.02 Å². The lowest BCUT2D eigenvalue weighted by molar-refractivity contribution is -0.132. The third-order valence-electron chi connectivity index (χ3n) is 1.97. The summed E-state index contributed by atoms with van der Waals surface area (Å²) in [5.74, 6) is -1.58. The molecule has 0 aliphatic carbocycles. The van der Waals surface area contributed by atoms with Crippen molar-refractivity contribution in [2.45, 2.75) is 13.3 Å². The van der Waals surface area contributed by atoms with Crippen molar-refractivity contribution in [1.82, 2.24) is 0 Å². The van der Waals surface area contributed by atoms with E-state index in [-0.39, 0.29) is 16.2 Å². The van der Waals surface area contributed by atoms with Crippen molar-refractivity contribution in [2.24, 2.45) is 0 Å². The maximum atomic E-state index is 13.3. The highest BCUT2D eigenvalue weighted by Gasteiger charge is 2.09. The summed E-state index contributed by atoms with van der Waals surface area (Å²) in [6, 6.07) is 4.24. The summed E-state index contributed by atoms with van der Waals surface area (Å²) in [7, 11) is 0. The summed E-state index contributed by atoms with van der Waals surface area (Å²) in [5, 5.41) is 8.99. The summed E-state index contributed by atoms with van der Waals surface area (Å²) in [6.45, 7) is 1.69. The largest absolute Gasteiger partial charge is 0.478 e. The predicted octanol–water partition coefficient (Wildman–Crippen LogP) is 3.36. The Balaban J connectivity index is 3.22. The number of hydrogen-bond acceptors (Lipinski definition) is 1. The van der Waals surface area contributed by atoms with E-state index in [1.54, 1.807) is 6.92 Å². The molecule has 1 aromatic rings. The molecule has 0 saturated carbocycles. The third-order valence-corrected chi connectivity index (χ3v) is 2.30. The Kier molecular flexibility index (Phi) is 3.86. The normalized spacial score (nSPS) is 11.5. The van der Waals surface area contributed by atoms with Crippen molar-refractivity contribution in [2.75, 3.05) is 0 Å². The molecule has 0 spiro atoms. The van der Waals surface area contributed by atoms with Gasteiger partial charge in [0, 0.05) is 11.1 Å². The minimum atomic E-state index is -1.06. The van der Waals surface area contributed by atoms with Crippen LogP contribution in [0.1, 0.15) is 18.9 Å². The van der Waals surface area contributed by atoms with Crippen molar-refractivity contribution >= 4 is 23.6 Å². The van der Waals surface area contributed by atoms with E-state index in [1.807, 2.05) is 0 Å². The van der Waals surface area contributed by atoms with Gasteiger partial charge in [-0.1, -0.05) is 24.6 Å². The number of rotatable bonds is 3. The average molecular weight is 229 g/mol. The molecule has 0 heterocycles. The van der Waals surface area contributed by atoms with Crippen LogP contribution in [-0.4, -0.2) is 11.1 Å². The SMILES string of the molecule is CCC(=Cc1c(F)cccc1Cl)C(=O)O. The molecule has 0 atom stereocenters. The highest BCUT2D eigenvalue weighted by molar-refractivity contribution is 6.32. The molecule has 0 amide bonds. The van der Waals surface area contributed by atoms with Crippen LogP contribution in [0.3, 0.4) is 0 Å². The lowest BCUT2D eigenvalue weighted by Crippen LogP contribution is -1.99. The standard InChI is InChI=1S/C11H10ClFO2/c1-2-7(11(14)15)6-8-9(12)4-3-5-10(8)13/h3-6H,2H2,1H3,(H,14,15). The highest BCUT2D eigenvalue weighted by atomic mass is 35.5. The summed E-state index contributed by atoms with van der Waals surface area (Å²) in [5.41, 5.74) is 0.250. The maximum absolute atomic E-state index is 13.3. The van der Waals surface area contributed by atoms with Crippen molar-refractivity contribution in [3.8, 4) is 0 Å². The second-order valence-electron chi connectivity index (χ2n) is 2.96. The van der Waals surface area contributed by atoms with E-state index in [1.165, 1.54) is 24.3 Å². The van der Waals surface area contributed by atoms with Crippen LogP contribution in [0.5, 0.6) is 0 Å². The molecule has 0 bridgehead atoms.